The van der Waals surface area contributed by atoms with Crippen molar-refractivity contribution in [2.75, 3.05) is 6.54 Å². The number of aromatic nitrogens is 2. The van der Waals surface area contributed by atoms with Crippen molar-refractivity contribution in [2.45, 2.75) is 31.0 Å². The molecule has 90 valence electrons. The maximum atomic E-state index is 12.2. The van der Waals surface area contributed by atoms with Crippen molar-refractivity contribution in [3.8, 4) is 0 Å². The smallest absolute Gasteiger partial charge is 0.261 e. The molecule has 0 bridgehead atoms. The van der Waals surface area contributed by atoms with E-state index < -0.39 is 16.2 Å². The summed E-state index contributed by atoms with van der Waals surface area (Å²) in [6.45, 7) is 2.45. The molecule has 0 radical (unpaired) electrons. The molecule has 0 aliphatic carbocycles. The number of aromatic amines is 1. The highest BCUT2D eigenvalue weighted by atomic mass is 32.2. The number of H-pyrrole nitrogens is 1. The van der Waals surface area contributed by atoms with Crippen molar-refractivity contribution in [3.63, 3.8) is 0 Å². The quantitative estimate of drug-likeness (QED) is 0.772. The average molecular weight is 244 g/mol. The van der Waals surface area contributed by atoms with Crippen LogP contribution in [0, 0.1) is 5.92 Å². The molecule has 1 aliphatic rings. The van der Waals surface area contributed by atoms with E-state index in [0.29, 0.717) is 6.54 Å². The van der Waals surface area contributed by atoms with Crippen LogP contribution >= 0.6 is 0 Å². The Labute approximate surface area is 94.9 Å². The fourth-order valence-electron chi connectivity index (χ4n) is 1.97. The molecule has 0 spiro atoms. The number of piperidine rings is 1. The molecule has 1 aromatic heterocycles. The molecular weight excluding hydrogens is 228 g/mol. The molecule has 1 saturated heterocycles. The summed E-state index contributed by atoms with van der Waals surface area (Å²) < 4.78 is 25.7. The number of nitrogens with one attached hydrogen (secondary N) is 1. The molecule has 16 heavy (non-hydrogen) atoms. The lowest BCUT2D eigenvalue weighted by Gasteiger charge is -2.35. The van der Waals surface area contributed by atoms with Gasteiger partial charge in [0, 0.05) is 6.54 Å². The number of nitrogens with two attached hydrogens (primary N) is 1. The molecule has 2 atom stereocenters. The second-order valence-corrected chi connectivity index (χ2v) is 6.01. The van der Waals surface area contributed by atoms with E-state index in [9.17, 15) is 8.42 Å². The fourth-order valence-corrected chi connectivity index (χ4v) is 3.52. The van der Waals surface area contributed by atoms with E-state index in [2.05, 4.69) is 10.2 Å². The first-order valence-electron chi connectivity index (χ1n) is 5.30. The Kier molecular flexibility index (Phi) is 3.00. The molecule has 2 heterocycles. The molecule has 1 aromatic rings. The third-order valence-electron chi connectivity index (χ3n) is 3.02. The summed E-state index contributed by atoms with van der Waals surface area (Å²) in [6, 6.07) is 1.45. The second-order valence-electron chi connectivity index (χ2n) is 4.15. The van der Waals surface area contributed by atoms with Crippen LogP contribution in [0.2, 0.25) is 0 Å². The van der Waals surface area contributed by atoms with Crippen molar-refractivity contribution < 1.29 is 8.42 Å². The lowest BCUT2D eigenvalue weighted by Crippen LogP contribution is -2.52. The monoisotopic (exact) mass is 244 g/mol. The van der Waals surface area contributed by atoms with E-state index in [1.807, 2.05) is 6.92 Å². The van der Waals surface area contributed by atoms with Gasteiger partial charge in [-0.25, -0.2) is 8.42 Å². The van der Waals surface area contributed by atoms with Gasteiger partial charge in [0.1, 0.15) is 0 Å². The maximum absolute atomic E-state index is 12.2. The van der Waals surface area contributed by atoms with Gasteiger partial charge in [-0.05, 0) is 24.8 Å². The van der Waals surface area contributed by atoms with Crippen LogP contribution in [0.4, 0.5) is 0 Å². The van der Waals surface area contributed by atoms with Gasteiger partial charge in [0.2, 0.25) is 0 Å². The Morgan fingerprint density at radius 2 is 2.38 bits per heavy atom. The summed E-state index contributed by atoms with van der Waals surface area (Å²) in [5.74, 6) is 0.187. The zero-order valence-electron chi connectivity index (χ0n) is 9.13. The van der Waals surface area contributed by atoms with E-state index >= 15 is 0 Å². The Morgan fingerprint density at radius 1 is 1.62 bits per heavy atom. The van der Waals surface area contributed by atoms with Crippen LogP contribution in [0.25, 0.3) is 0 Å². The molecule has 2 rings (SSSR count). The van der Waals surface area contributed by atoms with Crippen LogP contribution in [0.3, 0.4) is 0 Å². The van der Waals surface area contributed by atoms with Gasteiger partial charge in [-0.15, -0.1) is 0 Å². The van der Waals surface area contributed by atoms with E-state index in [0.717, 1.165) is 12.8 Å². The summed E-state index contributed by atoms with van der Waals surface area (Å²) in [4.78, 5) is 0. The first-order valence-corrected chi connectivity index (χ1v) is 6.74. The van der Waals surface area contributed by atoms with Gasteiger partial charge in [-0.2, -0.15) is 9.40 Å². The van der Waals surface area contributed by atoms with Crippen LogP contribution in [0.15, 0.2) is 17.3 Å². The molecule has 3 N–H and O–H groups in total. The van der Waals surface area contributed by atoms with Gasteiger partial charge in [0.05, 0.1) is 12.4 Å². The minimum absolute atomic E-state index is 0.108. The lowest BCUT2D eigenvalue weighted by atomic mass is 9.99. The van der Waals surface area contributed by atoms with Crippen molar-refractivity contribution in [2.24, 2.45) is 11.7 Å². The average Bonchev–Trinajstić information content (AvgIpc) is 2.75. The third kappa shape index (κ3) is 1.85. The van der Waals surface area contributed by atoms with E-state index in [1.54, 1.807) is 0 Å². The summed E-state index contributed by atoms with van der Waals surface area (Å²) in [6.07, 6.45) is 2.80. The number of hydrogen-bond acceptors (Lipinski definition) is 4. The summed E-state index contributed by atoms with van der Waals surface area (Å²) >= 11 is 0. The largest absolute Gasteiger partial charge is 0.315 e. The minimum atomic E-state index is -3.51. The first kappa shape index (κ1) is 11.6. The Hall–Kier alpha value is -0.920. The number of hydrogen-bond donors (Lipinski definition) is 2. The van der Waals surface area contributed by atoms with Crippen molar-refractivity contribution in [1.82, 2.24) is 14.5 Å². The summed E-state index contributed by atoms with van der Waals surface area (Å²) in [5.41, 5.74) is 5.93. The van der Waals surface area contributed by atoms with Crippen LogP contribution in [0.5, 0.6) is 0 Å². The van der Waals surface area contributed by atoms with E-state index in [1.165, 1.54) is 16.6 Å². The fraction of sp³-hybridized carbons (Fsp3) is 0.667. The molecular formula is C9H16N4O2S. The van der Waals surface area contributed by atoms with Gasteiger partial charge in [-0.1, -0.05) is 6.92 Å². The first-order chi connectivity index (χ1) is 7.53. The van der Waals surface area contributed by atoms with Gasteiger partial charge in [-0.3, -0.25) is 5.10 Å². The normalized spacial score (nSPS) is 28.1. The minimum Gasteiger partial charge on any atom is -0.315 e. The number of nitrogens with zero attached hydrogens (tertiary/aromatic N) is 2. The van der Waals surface area contributed by atoms with Crippen LogP contribution in [-0.4, -0.2) is 35.6 Å². The predicted molar refractivity (Wildman–Crippen MR) is 58.9 cm³/mol. The van der Waals surface area contributed by atoms with Crippen molar-refractivity contribution in [1.29, 1.82) is 0 Å². The molecule has 7 heteroatoms. The zero-order valence-corrected chi connectivity index (χ0v) is 9.94. The van der Waals surface area contributed by atoms with Crippen LogP contribution in [-0.2, 0) is 10.0 Å². The maximum Gasteiger partial charge on any atom is 0.261 e. The highest BCUT2D eigenvalue weighted by Gasteiger charge is 2.35. The van der Waals surface area contributed by atoms with Crippen LogP contribution in [0.1, 0.15) is 19.8 Å². The standard InChI is InChI=1S/C9H16N4O2S/c1-7-3-2-6-13(9(7)10)16(14,15)8-4-5-11-12-8/h4-5,7,9H,2-3,6,10H2,1H3,(H,11,12). The molecule has 1 fully saturated rings. The highest BCUT2D eigenvalue weighted by Crippen LogP contribution is 2.25. The predicted octanol–water partition coefficient (Wildman–Crippen LogP) is 0.115. The van der Waals surface area contributed by atoms with Crippen molar-refractivity contribution in [3.05, 3.63) is 12.3 Å². The molecule has 0 aromatic carbocycles. The topological polar surface area (TPSA) is 92.1 Å². The molecule has 2 unspecified atom stereocenters. The highest BCUT2D eigenvalue weighted by molar-refractivity contribution is 7.89. The third-order valence-corrected chi connectivity index (χ3v) is 4.84. The Morgan fingerprint density at radius 3 is 3.00 bits per heavy atom. The summed E-state index contributed by atoms with van der Waals surface area (Å²) in [7, 11) is -3.51. The van der Waals surface area contributed by atoms with Crippen molar-refractivity contribution >= 4 is 10.0 Å². The number of rotatable bonds is 2. The summed E-state index contributed by atoms with van der Waals surface area (Å²) in [5, 5.41) is 6.24. The second kappa shape index (κ2) is 4.15. The molecule has 0 saturated carbocycles. The Bertz CT molecular complexity index is 442. The SMILES string of the molecule is CC1CCCN(S(=O)(=O)c2ccn[nH]2)C1N. The van der Waals surface area contributed by atoms with Gasteiger partial charge >= 0.3 is 0 Å². The van der Waals surface area contributed by atoms with Crippen LogP contribution < -0.4 is 5.73 Å². The van der Waals surface area contributed by atoms with E-state index in [-0.39, 0.29) is 10.9 Å². The van der Waals surface area contributed by atoms with E-state index in [4.69, 9.17) is 5.73 Å². The molecule has 0 amide bonds. The molecule has 1 aliphatic heterocycles. The lowest BCUT2D eigenvalue weighted by molar-refractivity contribution is 0.192. The van der Waals surface area contributed by atoms with Gasteiger partial charge < -0.3 is 5.73 Å². The molecule has 6 nitrogen and oxygen atoms in total. The Balaban J connectivity index is 2.30. The number of sulfonamides is 1. The van der Waals surface area contributed by atoms with Gasteiger partial charge in [0.25, 0.3) is 10.0 Å². The zero-order chi connectivity index (χ0) is 11.8. The van der Waals surface area contributed by atoms with Gasteiger partial charge in [0.15, 0.2) is 5.03 Å².